The van der Waals surface area contributed by atoms with E-state index in [1.807, 2.05) is 13.8 Å². The summed E-state index contributed by atoms with van der Waals surface area (Å²) in [5.41, 5.74) is 0. The third kappa shape index (κ3) is 3.51. The van der Waals surface area contributed by atoms with Crippen molar-refractivity contribution in [2.45, 2.75) is 26.1 Å². The van der Waals surface area contributed by atoms with E-state index in [-0.39, 0.29) is 12.2 Å². The average Bonchev–Trinajstić information content (AvgIpc) is 1.89. The fourth-order valence-corrected chi connectivity index (χ4v) is 0.604. The van der Waals surface area contributed by atoms with Crippen LogP contribution in [0.2, 0.25) is 0 Å². The van der Waals surface area contributed by atoms with Gasteiger partial charge in [-0.15, -0.1) is 0 Å². The standard InChI is InChI=1S/C8H15O2/c1-5-9-7(3)8(4)10-6-2/h5,7-8H,1,3,6H2,2,4H3. The molecule has 59 valence electrons. The quantitative estimate of drug-likeness (QED) is 0.546. The molecule has 0 heterocycles. The van der Waals surface area contributed by atoms with Crippen LogP contribution in [-0.2, 0) is 9.47 Å². The summed E-state index contributed by atoms with van der Waals surface area (Å²) >= 11 is 0. The van der Waals surface area contributed by atoms with Gasteiger partial charge in [-0.25, -0.2) is 0 Å². The molecular formula is C8H15O2. The summed E-state index contributed by atoms with van der Waals surface area (Å²) in [5, 5.41) is 0. The Kier molecular flexibility index (Phi) is 5.03. The van der Waals surface area contributed by atoms with Gasteiger partial charge in [0.2, 0.25) is 0 Å². The lowest BCUT2D eigenvalue weighted by molar-refractivity contribution is -0.00753. The van der Waals surface area contributed by atoms with Gasteiger partial charge in [-0.2, -0.15) is 0 Å². The van der Waals surface area contributed by atoms with Crippen LogP contribution >= 0.6 is 0 Å². The second kappa shape index (κ2) is 5.30. The van der Waals surface area contributed by atoms with Crippen molar-refractivity contribution in [1.82, 2.24) is 0 Å². The van der Waals surface area contributed by atoms with Crippen molar-refractivity contribution in [3.63, 3.8) is 0 Å². The van der Waals surface area contributed by atoms with E-state index in [1.54, 1.807) is 0 Å². The van der Waals surface area contributed by atoms with Crippen molar-refractivity contribution in [1.29, 1.82) is 0 Å². The second-order valence-corrected chi connectivity index (χ2v) is 2.00. The molecule has 0 aromatic rings. The molecule has 0 amide bonds. The van der Waals surface area contributed by atoms with Gasteiger partial charge in [-0.3, -0.25) is 0 Å². The van der Waals surface area contributed by atoms with Gasteiger partial charge in [0.25, 0.3) is 0 Å². The van der Waals surface area contributed by atoms with Gasteiger partial charge in [0, 0.05) is 6.61 Å². The van der Waals surface area contributed by atoms with E-state index in [4.69, 9.17) is 9.47 Å². The molecular weight excluding hydrogens is 128 g/mol. The van der Waals surface area contributed by atoms with Crippen molar-refractivity contribution in [2.75, 3.05) is 6.61 Å². The minimum Gasteiger partial charge on any atom is -0.496 e. The van der Waals surface area contributed by atoms with E-state index < -0.39 is 0 Å². The van der Waals surface area contributed by atoms with Gasteiger partial charge in [0.1, 0.15) is 6.10 Å². The molecule has 0 aliphatic heterocycles. The average molecular weight is 143 g/mol. The van der Waals surface area contributed by atoms with Crippen LogP contribution in [0.4, 0.5) is 0 Å². The van der Waals surface area contributed by atoms with Crippen molar-refractivity contribution in [3.8, 4) is 0 Å². The zero-order chi connectivity index (χ0) is 7.98. The molecule has 0 aromatic carbocycles. The normalized spacial score (nSPS) is 15.9. The smallest absolute Gasteiger partial charge is 0.124 e. The van der Waals surface area contributed by atoms with E-state index in [9.17, 15) is 0 Å². The van der Waals surface area contributed by atoms with Crippen molar-refractivity contribution in [2.24, 2.45) is 0 Å². The van der Waals surface area contributed by atoms with Crippen LogP contribution in [0.5, 0.6) is 0 Å². The highest BCUT2D eigenvalue weighted by Crippen LogP contribution is 2.01. The van der Waals surface area contributed by atoms with Crippen LogP contribution in [0.15, 0.2) is 12.8 Å². The number of rotatable bonds is 5. The summed E-state index contributed by atoms with van der Waals surface area (Å²) in [4.78, 5) is 0. The molecule has 0 aliphatic rings. The van der Waals surface area contributed by atoms with E-state index in [0.717, 1.165) is 0 Å². The Morgan fingerprint density at radius 3 is 2.60 bits per heavy atom. The maximum Gasteiger partial charge on any atom is 0.124 e. The van der Waals surface area contributed by atoms with Gasteiger partial charge in [0.05, 0.1) is 12.4 Å². The molecule has 1 radical (unpaired) electrons. The molecule has 0 bridgehead atoms. The van der Waals surface area contributed by atoms with Crippen LogP contribution < -0.4 is 0 Å². The summed E-state index contributed by atoms with van der Waals surface area (Å²) < 4.78 is 10.2. The molecule has 2 nitrogen and oxygen atoms in total. The summed E-state index contributed by atoms with van der Waals surface area (Å²) in [7, 11) is 0. The van der Waals surface area contributed by atoms with Gasteiger partial charge < -0.3 is 9.47 Å². The Labute approximate surface area is 62.8 Å². The predicted molar refractivity (Wildman–Crippen MR) is 41.5 cm³/mol. The Hall–Kier alpha value is -0.500. The molecule has 2 unspecified atom stereocenters. The first-order valence-electron chi connectivity index (χ1n) is 3.43. The Morgan fingerprint density at radius 2 is 2.20 bits per heavy atom. The SMILES string of the molecule is [CH2]C(OC=C)C(C)OCC. The Morgan fingerprint density at radius 1 is 1.60 bits per heavy atom. The molecule has 10 heavy (non-hydrogen) atoms. The van der Waals surface area contributed by atoms with Gasteiger partial charge in [-0.05, 0) is 20.8 Å². The van der Waals surface area contributed by atoms with Crippen LogP contribution in [-0.4, -0.2) is 18.8 Å². The second-order valence-electron chi connectivity index (χ2n) is 2.00. The zero-order valence-electron chi connectivity index (χ0n) is 6.67. The molecule has 2 atom stereocenters. The first-order chi connectivity index (χ1) is 4.72. The van der Waals surface area contributed by atoms with Gasteiger partial charge in [-0.1, -0.05) is 6.58 Å². The summed E-state index contributed by atoms with van der Waals surface area (Å²) in [5.74, 6) is 0. The highest BCUT2D eigenvalue weighted by Gasteiger charge is 2.10. The van der Waals surface area contributed by atoms with Crippen molar-refractivity contribution in [3.05, 3.63) is 19.8 Å². The fourth-order valence-electron chi connectivity index (χ4n) is 0.604. The number of hydrogen-bond donors (Lipinski definition) is 0. The van der Waals surface area contributed by atoms with Crippen LogP contribution in [0.25, 0.3) is 0 Å². The van der Waals surface area contributed by atoms with Crippen LogP contribution in [0, 0.1) is 6.92 Å². The highest BCUT2D eigenvalue weighted by atomic mass is 16.5. The highest BCUT2D eigenvalue weighted by molar-refractivity contribution is 4.71. The molecule has 0 spiro atoms. The third-order valence-corrected chi connectivity index (χ3v) is 1.22. The lowest BCUT2D eigenvalue weighted by atomic mass is 10.2. The molecule has 0 saturated carbocycles. The summed E-state index contributed by atoms with van der Waals surface area (Å²) in [6.07, 6.45) is 1.26. The number of ether oxygens (including phenoxy) is 2. The number of hydrogen-bond acceptors (Lipinski definition) is 2. The maximum absolute atomic E-state index is 5.22. The molecule has 0 rings (SSSR count). The minimum absolute atomic E-state index is 0.0306. The predicted octanol–water partition coefficient (Wildman–Crippen LogP) is 1.77. The van der Waals surface area contributed by atoms with E-state index >= 15 is 0 Å². The lowest BCUT2D eigenvalue weighted by Gasteiger charge is -2.18. The van der Waals surface area contributed by atoms with Gasteiger partial charge in [0.15, 0.2) is 0 Å². The molecule has 0 saturated heterocycles. The summed E-state index contributed by atoms with van der Waals surface area (Å²) in [6, 6.07) is 0. The molecule has 0 fully saturated rings. The lowest BCUT2D eigenvalue weighted by Crippen LogP contribution is -2.24. The first-order valence-corrected chi connectivity index (χ1v) is 3.43. The molecule has 0 aliphatic carbocycles. The maximum atomic E-state index is 5.22. The monoisotopic (exact) mass is 143 g/mol. The van der Waals surface area contributed by atoms with Crippen LogP contribution in [0.1, 0.15) is 13.8 Å². The fraction of sp³-hybridized carbons (Fsp3) is 0.625. The van der Waals surface area contributed by atoms with Crippen LogP contribution in [0.3, 0.4) is 0 Å². The van der Waals surface area contributed by atoms with Gasteiger partial charge >= 0.3 is 0 Å². The summed E-state index contributed by atoms with van der Waals surface area (Å²) in [6.45, 7) is 11.7. The van der Waals surface area contributed by atoms with Crippen molar-refractivity contribution < 1.29 is 9.47 Å². The largest absolute Gasteiger partial charge is 0.496 e. The zero-order valence-corrected chi connectivity index (χ0v) is 6.67. The van der Waals surface area contributed by atoms with E-state index in [0.29, 0.717) is 6.61 Å². The molecule has 2 heteroatoms. The third-order valence-electron chi connectivity index (χ3n) is 1.22. The Balaban J connectivity index is 3.47. The molecule has 0 N–H and O–H groups in total. The van der Waals surface area contributed by atoms with E-state index in [1.165, 1.54) is 6.26 Å². The first kappa shape index (κ1) is 9.50. The topological polar surface area (TPSA) is 18.5 Å². The minimum atomic E-state index is -0.155. The Bertz CT molecular complexity index is 91.3. The van der Waals surface area contributed by atoms with E-state index in [2.05, 4.69) is 13.5 Å². The van der Waals surface area contributed by atoms with Crippen molar-refractivity contribution >= 4 is 0 Å². The molecule has 0 aromatic heterocycles.